The van der Waals surface area contributed by atoms with Crippen LogP contribution < -0.4 is 10.1 Å². The summed E-state index contributed by atoms with van der Waals surface area (Å²) >= 11 is 0. The first-order chi connectivity index (χ1) is 14.7. The molecule has 30 heavy (non-hydrogen) atoms. The van der Waals surface area contributed by atoms with Crippen molar-refractivity contribution >= 4 is 17.5 Å². The van der Waals surface area contributed by atoms with Gasteiger partial charge in [0.25, 0.3) is 5.91 Å². The molecule has 1 saturated heterocycles. The second-order valence-electron chi connectivity index (χ2n) is 9.35. The first-order valence-electron chi connectivity index (χ1n) is 12.0. The SMILES string of the molecule is CCCCC1CCC(C(=O)Nc2ccc3c(c2)C(=O)N2CCCCC2CCO3)CC1. The highest BCUT2D eigenvalue weighted by molar-refractivity contribution is 6.00. The van der Waals surface area contributed by atoms with E-state index in [9.17, 15) is 9.59 Å². The van der Waals surface area contributed by atoms with Crippen molar-refractivity contribution in [2.45, 2.75) is 83.6 Å². The van der Waals surface area contributed by atoms with Gasteiger partial charge in [0, 0.05) is 30.6 Å². The van der Waals surface area contributed by atoms with Crippen molar-refractivity contribution in [2.75, 3.05) is 18.5 Å². The fraction of sp³-hybridized carbons (Fsp3) is 0.680. The van der Waals surface area contributed by atoms with Gasteiger partial charge in [0.05, 0.1) is 12.2 Å². The quantitative estimate of drug-likeness (QED) is 0.704. The maximum absolute atomic E-state index is 13.2. The number of carbonyl (C=O) groups is 2. The van der Waals surface area contributed by atoms with Crippen LogP contribution in [0.3, 0.4) is 0 Å². The van der Waals surface area contributed by atoms with Crippen LogP contribution in [0, 0.1) is 11.8 Å². The van der Waals surface area contributed by atoms with Gasteiger partial charge in [0.2, 0.25) is 5.91 Å². The average Bonchev–Trinajstić information content (AvgIpc) is 2.77. The number of ether oxygens (including phenoxy) is 1. The second kappa shape index (κ2) is 9.84. The largest absolute Gasteiger partial charge is 0.493 e. The molecule has 2 amide bonds. The molecule has 1 aromatic carbocycles. The third-order valence-corrected chi connectivity index (χ3v) is 7.26. The smallest absolute Gasteiger partial charge is 0.257 e. The van der Waals surface area contributed by atoms with E-state index in [1.807, 2.05) is 23.1 Å². The molecule has 1 saturated carbocycles. The third-order valence-electron chi connectivity index (χ3n) is 7.26. The maximum atomic E-state index is 13.2. The standard InChI is InChI=1S/C25H36N2O3/c1-2-3-6-18-8-10-19(11-9-18)24(28)26-20-12-13-23-22(17-20)25(29)27-15-5-4-7-21(27)14-16-30-23/h12-13,17-19,21H,2-11,14-16H2,1H3,(H,26,28). The van der Waals surface area contributed by atoms with E-state index >= 15 is 0 Å². The van der Waals surface area contributed by atoms with Crippen molar-refractivity contribution in [2.24, 2.45) is 11.8 Å². The highest BCUT2D eigenvalue weighted by Crippen LogP contribution is 2.34. The zero-order chi connectivity index (χ0) is 20.9. The normalized spacial score (nSPS) is 26.6. The van der Waals surface area contributed by atoms with Crippen LogP contribution in [0.2, 0.25) is 0 Å². The molecule has 1 aromatic rings. The summed E-state index contributed by atoms with van der Waals surface area (Å²) < 4.78 is 5.91. The van der Waals surface area contributed by atoms with E-state index in [0.717, 1.165) is 57.4 Å². The Balaban J connectivity index is 1.41. The van der Waals surface area contributed by atoms with Gasteiger partial charge in [-0.1, -0.05) is 26.2 Å². The lowest BCUT2D eigenvalue weighted by Crippen LogP contribution is -2.45. The lowest BCUT2D eigenvalue weighted by molar-refractivity contribution is -0.121. The van der Waals surface area contributed by atoms with Crippen LogP contribution in [-0.2, 0) is 4.79 Å². The van der Waals surface area contributed by atoms with Gasteiger partial charge in [0.15, 0.2) is 0 Å². The number of nitrogens with one attached hydrogen (secondary N) is 1. The van der Waals surface area contributed by atoms with Crippen LogP contribution in [0.4, 0.5) is 5.69 Å². The predicted octanol–water partition coefficient (Wildman–Crippen LogP) is 5.40. The number of anilines is 1. The molecule has 0 bridgehead atoms. The Morgan fingerprint density at radius 1 is 1.13 bits per heavy atom. The molecule has 164 valence electrons. The fourth-order valence-corrected chi connectivity index (χ4v) is 5.38. The number of rotatable bonds is 5. The van der Waals surface area contributed by atoms with Crippen LogP contribution in [0.5, 0.6) is 5.75 Å². The molecule has 1 atom stereocenters. The average molecular weight is 413 g/mol. The number of benzene rings is 1. The Morgan fingerprint density at radius 2 is 1.97 bits per heavy atom. The van der Waals surface area contributed by atoms with E-state index in [1.54, 1.807) is 0 Å². The van der Waals surface area contributed by atoms with E-state index in [1.165, 1.54) is 25.7 Å². The van der Waals surface area contributed by atoms with Gasteiger partial charge in [-0.25, -0.2) is 0 Å². The summed E-state index contributed by atoms with van der Waals surface area (Å²) in [5.41, 5.74) is 1.29. The fourth-order valence-electron chi connectivity index (χ4n) is 5.38. The molecule has 2 aliphatic heterocycles. The van der Waals surface area contributed by atoms with Gasteiger partial charge in [-0.3, -0.25) is 9.59 Å². The molecule has 3 aliphatic rings. The van der Waals surface area contributed by atoms with E-state index in [-0.39, 0.29) is 23.8 Å². The Kier molecular flexibility index (Phi) is 6.96. The van der Waals surface area contributed by atoms with Gasteiger partial charge in [0.1, 0.15) is 5.75 Å². The summed E-state index contributed by atoms with van der Waals surface area (Å²) in [6, 6.07) is 5.81. The summed E-state index contributed by atoms with van der Waals surface area (Å²) in [5.74, 6) is 1.65. The second-order valence-corrected chi connectivity index (χ2v) is 9.35. The maximum Gasteiger partial charge on any atom is 0.257 e. The number of nitrogens with zero attached hydrogens (tertiary/aromatic N) is 1. The number of piperidine rings is 1. The predicted molar refractivity (Wildman–Crippen MR) is 119 cm³/mol. The summed E-state index contributed by atoms with van der Waals surface area (Å²) in [4.78, 5) is 28.1. The van der Waals surface area contributed by atoms with E-state index in [0.29, 0.717) is 23.6 Å². The number of unbranched alkanes of at least 4 members (excludes halogenated alkanes) is 1. The van der Waals surface area contributed by atoms with Crippen LogP contribution in [0.1, 0.15) is 87.9 Å². The summed E-state index contributed by atoms with van der Waals surface area (Å²) in [7, 11) is 0. The van der Waals surface area contributed by atoms with Crippen molar-refractivity contribution < 1.29 is 14.3 Å². The molecule has 1 aliphatic carbocycles. The number of amides is 2. The Bertz CT molecular complexity index is 755. The van der Waals surface area contributed by atoms with Gasteiger partial charge in [-0.2, -0.15) is 0 Å². The number of hydrogen-bond acceptors (Lipinski definition) is 3. The zero-order valence-corrected chi connectivity index (χ0v) is 18.3. The molecule has 1 unspecified atom stereocenters. The molecule has 5 nitrogen and oxygen atoms in total. The van der Waals surface area contributed by atoms with Gasteiger partial charge < -0.3 is 15.0 Å². The molecule has 0 radical (unpaired) electrons. The molecule has 2 fully saturated rings. The third kappa shape index (κ3) is 4.81. The minimum atomic E-state index is 0.0435. The van der Waals surface area contributed by atoms with Crippen molar-refractivity contribution in [3.63, 3.8) is 0 Å². The Morgan fingerprint density at radius 3 is 2.77 bits per heavy atom. The van der Waals surface area contributed by atoms with E-state index in [4.69, 9.17) is 4.74 Å². The summed E-state index contributed by atoms with van der Waals surface area (Å²) in [5, 5.41) is 3.08. The van der Waals surface area contributed by atoms with Crippen LogP contribution in [-0.4, -0.2) is 35.9 Å². The highest BCUT2D eigenvalue weighted by atomic mass is 16.5. The van der Waals surface area contributed by atoms with Crippen LogP contribution >= 0.6 is 0 Å². The number of carbonyl (C=O) groups excluding carboxylic acids is 2. The topological polar surface area (TPSA) is 58.6 Å². The van der Waals surface area contributed by atoms with Crippen LogP contribution in [0.15, 0.2) is 18.2 Å². The molecule has 5 heteroatoms. The number of fused-ring (bicyclic) bond motifs is 2. The molecule has 1 N–H and O–H groups in total. The summed E-state index contributed by atoms with van der Waals surface area (Å²) in [6.07, 6.45) is 12.3. The molecule has 4 rings (SSSR count). The molecule has 2 heterocycles. The van der Waals surface area contributed by atoms with Gasteiger partial charge >= 0.3 is 0 Å². The first-order valence-corrected chi connectivity index (χ1v) is 12.0. The van der Waals surface area contributed by atoms with Crippen molar-refractivity contribution in [1.29, 1.82) is 0 Å². The van der Waals surface area contributed by atoms with Gasteiger partial charge in [-0.05, 0) is 69.1 Å². The molecular formula is C25H36N2O3. The minimum absolute atomic E-state index is 0.0435. The van der Waals surface area contributed by atoms with E-state index < -0.39 is 0 Å². The highest BCUT2D eigenvalue weighted by Gasteiger charge is 2.31. The molecule has 0 aromatic heterocycles. The first kappa shape index (κ1) is 21.2. The monoisotopic (exact) mass is 412 g/mol. The zero-order valence-electron chi connectivity index (χ0n) is 18.3. The van der Waals surface area contributed by atoms with Gasteiger partial charge in [-0.15, -0.1) is 0 Å². The Hall–Kier alpha value is -2.04. The Labute approximate surface area is 180 Å². The van der Waals surface area contributed by atoms with Crippen molar-refractivity contribution in [3.8, 4) is 5.75 Å². The van der Waals surface area contributed by atoms with Crippen LogP contribution in [0.25, 0.3) is 0 Å². The lowest BCUT2D eigenvalue weighted by Gasteiger charge is -2.37. The lowest BCUT2D eigenvalue weighted by atomic mass is 9.79. The number of hydrogen-bond donors (Lipinski definition) is 1. The van der Waals surface area contributed by atoms with E-state index in [2.05, 4.69) is 12.2 Å². The summed E-state index contributed by atoms with van der Waals surface area (Å²) in [6.45, 7) is 3.69. The molecular weight excluding hydrogens is 376 g/mol. The molecule has 0 spiro atoms. The minimum Gasteiger partial charge on any atom is -0.493 e. The van der Waals surface area contributed by atoms with Crippen molar-refractivity contribution in [1.82, 2.24) is 4.90 Å². The van der Waals surface area contributed by atoms with Crippen molar-refractivity contribution in [3.05, 3.63) is 23.8 Å².